The summed E-state index contributed by atoms with van der Waals surface area (Å²) < 4.78 is 5.12. The maximum Gasteiger partial charge on any atom is 0.246 e. The first-order chi connectivity index (χ1) is 11.7. The number of hydrogen-bond acceptors (Lipinski definition) is 6. The molecule has 1 saturated heterocycles. The van der Waals surface area contributed by atoms with Crippen molar-refractivity contribution in [1.82, 2.24) is 25.8 Å². The van der Waals surface area contributed by atoms with E-state index in [-0.39, 0.29) is 24.3 Å². The second kappa shape index (κ2) is 7.49. The van der Waals surface area contributed by atoms with E-state index in [1.54, 1.807) is 24.5 Å². The number of nitrogens with zero attached hydrogens (tertiary/aromatic N) is 3. The minimum atomic E-state index is -0.268. The van der Waals surface area contributed by atoms with Crippen LogP contribution < -0.4 is 10.6 Å². The Morgan fingerprint density at radius 3 is 3.21 bits per heavy atom. The quantitative estimate of drug-likeness (QED) is 0.786. The normalized spacial score (nSPS) is 17.7. The zero-order valence-corrected chi connectivity index (χ0v) is 12.9. The molecule has 3 heterocycles. The van der Waals surface area contributed by atoms with Gasteiger partial charge in [0, 0.05) is 37.4 Å². The van der Waals surface area contributed by atoms with Crippen molar-refractivity contribution in [3.8, 4) is 0 Å². The van der Waals surface area contributed by atoms with Gasteiger partial charge in [0.15, 0.2) is 5.82 Å². The Labute approximate surface area is 138 Å². The molecule has 2 amide bonds. The van der Waals surface area contributed by atoms with Crippen molar-refractivity contribution in [3.63, 3.8) is 0 Å². The molecule has 0 spiro atoms. The molecule has 124 valence electrons. The van der Waals surface area contributed by atoms with Gasteiger partial charge in [-0.1, -0.05) is 11.2 Å². The molecule has 2 N–H and O–H groups in total. The van der Waals surface area contributed by atoms with Gasteiger partial charge < -0.3 is 15.2 Å². The third kappa shape index (κ3) is 4.25. The van der Waals surface area contributed by atoms with Crippen LogP contribution >= 0.6 is 0 Å². The van der Waals surface area contributed by atoms with Crippen molar-refractivity contribution in [2.24, 2.45) is 0 Å². The first-order valence-electron chi connectivity index (χ1n) is 7.66. The van der Waals surface area contributed by atoms with Crippen LogP contribution in [0.4, 0.5) is 0 Å². The lowest BCUT2D eigenvalue weighted by Crippen LogP contribution is -2.32. The highest BCUT2D eigenvalue weighted by Gasteiger charge is 2.24. The van der Waals surface area contributed by atoms with E-state index in [4.69, 9.17) is 4.52 Å². The molecular formula is C16H17N5O3. The van der Waals surface area contributed by atoms with E-state index in [0.717, 1.165) is 12.0 Å². The number of aromatic nitrogens is 3. The molecule has 8 nitrogen and oxygen atoms in total. The van der Waals surface area contributed by atoms with Gasteiger partial charge in [0.25, 0.3) is 0 Å². The van der Waals surface area contributed by atoms with Gasteiger partial charge in [-0.25, -0.2) is 0 Å². The monoisotopic (exact) mass is 327 g/mol. The lowest BCUT2D eigenvalue weighted by Gasteiger charge is -2.18. The molecule has 0 aliphatic carbocycles. The van der Waals surface area contributed by atoms with E-state index in [9.17, 15) is 9.59 Å². The summed E-state index contributed by atoms with van der Waals surface area (Å²) in [5.41, 5.74) is 0.836. The maximum atomic E-state index is 11.8. The van der Waals surface area contributed by atoms with Gasteiger partial charge in [-0.2, -0.15) is 4.98 Å². The Bertz CT molecular complexity index is 741. The fraction of sp³-hybridized carbons (Fsp3) is 0.312. The van der Waals surface area contributed by atoms with Gasteiger partial charge in [0.1, 0.15) is 0 Å². The Morgan fingerprint density at radius 1 is 1.50 bits per heavy atom. The van der Waals surface area contributed by atoms with E-state index in [0.29, 0.717) is 24.7 Å². The summed E-state index contributed by atoms with van der Waals surface area (Å²) in [6.07, 6.45) is 7.56. The summed E-state index contributed by atoms with van der Waals surface area (Å²) in [5, 5.41) is 9.34. The Morgan fingerprint density at radius 2 is 2.42 bits per heavy atom. The molecule has 1 aliphatic rings. The van der Waals surface area contributed by atoms with Crippen LogP contribution in [0.25, 0.3) is 6.08 Å². The van der Waals surface area contributed by atoms with Crippen LogP contribution in [0, 0.1) is 0 Å². The fourth-order valence-corrected chi connectivity index (χ4v) is 2.38. The summed E-state index contributed by atoms with van der Waals surface area (Å²) >= 11 is 0. The summed E-state index contributed by atoms with van der Waals surface area (Å²) in [6, 6.07) is 3.64. The highest BCUT2D eigenvalue weighted by atomic mass is 16.5. The molecule has 1 atom stereocenters. The lowest BCUT2D eigenvalue weighted by molar-refractivity contribution is -0.122. The molecule has 0 bridgehead atoms. The van der Waals surface area contributed by atoms with Gasteiger partial charge in [-0.05, 0) is 24.1 Å². The smallest absolute Gasteiger partial charge is 0.246 e. The van der Waals surface area contributed by atoms with E-state index in [1.807, 2.05) is 6.07 Å². The molecule has 0 radical (unpaired) electrons. The van der Waals surface area contributed by atoms with Crippen molar-refractivity contribution < 1.29 is 14.1 Å². The predicted octanol–water partition coefficient (Wildman–Crippen LogP) is 0.788. The zero-order chi connectivity index (χ0) is 16.8. The maximum absolute atomic E-state index is 11.8. The van der Waals surface area contributed by atoms with Crippen molar-refractivity contribution in [2.75, 3.05) is 6.54 Å². The van der Waals surface area contributed by atoms with Crippen LogP contribution in [-0.2, 0) is 16.1 Å². The Hall–Kier alpha value is -3.03. The van der Waals surface area contributed by atoms with Crippen LogP contribution in [-0.4, -0.2) is 33.5 Å². The molecular weight excluding hydrogens is 310 g/mol. The topological polar surface area (TPSA) is 110 Å². The van der Waals surface area contributed by atoms with Crippen LogP contribution in [0.1, 0.15) is 36.0 Å². The Balaban J connectivity index is 1.51. The number of amides is 2. The molecule has 1 unspecified atom stereocenters. The van der Waals surface area contributed by atoms with Gasteiger partial charge in [-0.3, -0.25) is 14.6 Å². The van der Waals surface area contributed by atoms with E-state index < -0.39 is 0 Å². The molecule has 2 aromatic rings. The number of carbonyl (C=O) groups excluding carboxylic acids is 2. The molecule has 1 aliphatic heterocycles. The first-order valence-corrected chi connectivity index (χ1v) is 7.66. The second-order valence-electron chi connectivity index (χ2n) is 5.42. The third-order valence-corrected chi connectivity index (χ3v) is 3.62. The largest absolute Gasteiger partial charge is 0.356 e. The van der Waals surface area contributed by atoms with Crippen molar-refractivity contribution in [2.45, 2.75) is 25.3 Å². The summed E-state index contributed by atoms with van der Waals surface area (Å²) in [4.78, 5) is 31.4. The van der Waals surface area contributed by atoms with Crippen LogP contribution in [0.5, 0.6) is 0 Å². The highest BCUT2D eigenvalue weighted by molar-refractivity contribution is 5.91. The standard InChI is InChI=1S/C16H17N5O3/c22-13(4-3-11-2-1-6-17-9-11)19-10-15-20-16(21-24-15)12-5-7-18-14(23)8-12/h1-4,6,9,12H,5,7-8,10H2,(H,18,23)(H,19,22)/b4-3+. The third-order valence-electron chi connectivity index (χ3n) is 3.62. The number of pyridine rings is 1. The SMILES string of the molecule is O=C(/C=C/c1cccnc1)NCc1nc(C2CCNC(=O)C2)no1. The van der Waals surface area contributed by atoms with Crippen LogP contribution in [0.3, 0.4) is 0 Å². The first kappa shape index (κ1) is 15.9. The van der Waals surface area contributed by atoms with Gasteiger partial charge in [-0.15, -0.1) is 0 Å². The van der Waals surface area contributed by atoms with E-state index in [1.165, 1.54) is 6.08 Å². The highest BCUT2D eigenvalue weighted by Crippen LogP contribution is 2.22. The minimum absolute atomic E-state index is 0.00792. The number of hydrogen-bond donors (Lipinski definition) is 2. The summed E-state index contributed by atoms with van der Waals surface area (Å²) in [6.45, 7) is 0.755. The Kier molecular flexibility index (Phi) is 4.95. The number of nitrogens with one attached hydrogen (secondary N) is 2. The van der Waals surface area contributed by atoms with Crippen molar-refractivity contribution in [3.05, 3.63) is 47.9 Å². The van der Waals surface area contributed by atoms with Gasteiger partial charge >= 0.3 is 0 Å². The molecule has 2 aromatic heterocycles. The van der Waals surface area contributed by atoms with Gasteiger partial charge in [0.2, 0.25) is 17.7 Å². The van der Waals surface area contributed by atoms with Crippen molar-refractivity contribution in [1.29, 1.82) is 0 Å². The fourth-order valence-electron chi connectivity index (χ4n) is 2.38. The van der Waals surface area contributed by atoms with E-state index >= 15 is 0 Å². The molecule has 0 saturated carbocycles. The lowest BCUT2D eigenvalue weighted by atomic mass is 9.97. The number of carbonyl (C=O) groups is 2. The second-order valence-corrected chi connectivity index (χ2v) is 5.42. The number of piperidine rings is 1. The molecule has 24 heavy (non-hydrogen) atoms. The average molecular weight is 327 g/mol. The summed E-state index contributed by atoms with van der Waals surface area (Å²) in [5.74, 6) is 0.527. The predicted molar refractivity (Wildman–Crippen MR) is 84.4 cm³/mol. The zero-order valence-electron chi connectivity index (χ0n) is 12.9. The van der Waals surface area contributed by atoms with Crippen LogP contribution in [0.2, 0.25) is 0 Å². The molecule has 1 fully saturated rings. The van der Waals surface area contributed by atoms with Crippen LogP contribution in [0.15, 0.2) is 35.1 Å². The average Bonchev–Trinajstić information content (AvgIpc) is 3.08. The molecule has 3 rings (SSSR count). The van der Waals surface area contributed by atoms with Crippen molar-refractivity contribution >= 4 is 17.9 Å². The summed E-state index contributed by atoms with van der Waals surface area (Å²) in [7, 11) is 0. The number of rotatable bonds is 5. The minimum Gasteiger partial charge on any atom is -0.356 e. The molecule has 0 aromatic carbocycles. The van der Waals surface area contributed by atoms with E-state index in [2.05, 4.69) is 25.8 Å². The molecule has 8 heteroatoms. The van der Waals surface area contributed by atoms with Gasteiger partial charge in [0.05, 0.1) is 6.54 Å².